The Hall–Kier alpha value is -3.93. The van der Waals surface area contributed by atoms with Crippen molar-refractivity contribution in [3.63, 3.8) is 0 Å². The van der Waals surface area contributed by atoms with Crippen LogP contribution in [0.4, 0.5) is 11.4 Å². The van der Waals surface area contributed by atoms with Crippen LogP contribution in [0, 0.1) is 0 Å². The Kier molecular flexibility index (Phi) is 8.36. The second kappa shape index (κ2) is 11.6. The third-order valence-electron chi connectivity index (χ3n) is 5.21. The number of hydrogen-bond acceptors (Lipinski definition) is 5. The van der Waals surface area contributed by atoms with Crippen LogP contribution in [0.2, 0.25) is 0 Å². The summed E-state index contributed by atoms with van der Waals surface area (Å²) in [7, 11) is 4.82. The van der Waals surface area contributed by atoms with Gasteiger partial charge >= 0.3 is 0 Å². The molecular weight excluding hydrogens is 416 g/mol. The van der Waals surface area contributed by atoms with E-state index in [1.165, 1.54) is 0 Å². The highest BCUT2D eigenvalue weighted by molar-refractivity contribution is 6.00. The fourth-order valence-corrected chi connectivity index (χ4v) is 3.47. The first-order chi connectivity index (χ1) is 16.1. The lowest BCUT2D eigenvalue weighted by Crippen LogP contribution is -2.42. The second-order valence-electron chi connectivity index (χ2n) is 7.24. The fourth-order valence-electron chi connectivity index (χ4n) is 3.47. The molecule has 0 heterocycles. The van der Waals surface area contributed by atoms with E-state index in [0.29, 0.717) is 23.7 Å². The van der Waals surface area contributed by atoms with Crippen LogP contribution in [0.5, 0.6) is 17.2 Å². The van der Waals surface area contributed by atoms with Gasteiger partial charge in [-0.25, -0.2) is 0 Å². The molecule has 1 N–H and O–H groups in total. The Morgan fingerprint density at radius 2 is 1.64 bits per heavy atom. The van der Waals surface area contributed by atoms with Crippen LogP contribution in [0.3, 0.4) is 0 Å². The van der Waals surface area contributed by atoms with Gasteiger partial charge in [0.15, 0.2) is 0 Å². The molecule has 0 aliphatic heterocycles. The van der Waals surface area contributed by atoms with Crippen molar-refractivity contribution < 1.29 is 19.0 Å². The number of likely N-dealkylation sites (N-methyl/N-ethyl adjacent to an activating group) is 1. The average molecular weight is 447 g/mol. The van der Waals surface area contributed by atoms with Gasteiger partial charge in [-0.2, -0.15) is 0 Å². The van der Waals surface area contributed by atoms with Crippen molar-refractivity contribution in [3.8, 4) is 17.2 Å². The number of carbonyl (C=O) groups excluding carboxylic acids is 1. The molecule has 0 saturated carbocycles. The lowest BCUT2D eigenvalue weighted by Gasteiger charge is -2.26. The van der Waals surface area contributed by atoms with Crippen molar-refractivity contribution in [2.45, 2.75) is 13.0 Å². The molecule has 33 heavy (non-hydrogen) atoms. The molecule has 0 fully saturated rings. The molecule has 6 nitrogen and oxygen atoms in total. The third-order valence-corrected chi connectivity index (χ3v) is 5.21. The number of para-hydroxylation sites is 1. The molecule has 172 valence electrons. The summed E-state index contributed by atoms with van der Waals surface area (Å²) < 4.78 is 16.1. The quantitative estimate of drug-likeness (QED) is 0.460. The minimum Gasteiger partial charge on any atom is -0.497 e. The standard InChI is InChI=1S/C27H30N2O4/c1-5-29(21-11-7-6-8-12-21)27(30)25(16-14-20-10-9-13-22(18-20)31-2)28-24-17-15-23(32-3)19-26(24)33-4/h6-19,25,28H,5H2,1-4H3/b16-14+/t25-/m0/s1. The Morgan fingerprint density at radius 1 is 0.909 bits per heavy atom. The summed E-state index contributed by atoms with van der Waals surface area (Å²) in [5, 5.41) is 3.34. The number of rotatable bonds is 10. The summed E-state index contributed by atoms with van der Waals surface area (Å²) in [5.74, 6) is 1.93. The topological polar surface area (TPSA) is 60.0 Å². The maximum absolute atomic E-state index is 13.7. The minimum atomic E-state index is -0.640. The van der Waals surface area contributed by atoms with Gasteiger partial charge in [-0.05, 0) is 48.9 Å². The molecule has 1 amide bonds. The second-order valence-corrected chi connectivity index (χ2v) is 7.24. The molecule has 0 aliphatic rings. The van der Waals surface area contributed by atoms with E-state index < -0.39 is 6.04 Å². The van der Waals surface area contributed by atoms with Crippen molar-refractivity contribution in [2.75, 3.05) is 38.1 Å². The Morgan fingerprint density at radius 3 is 2.30 bits per heavy atom. The van der Waals surface area contributed by atoms with E-state index in [4.69, 9.17) is 14.2 Å². The zero-order valence-electron chi connectivity index (χ0n) is 19.4. The van der Waals surface area contributed by atoms with Crippen LogP contribution in [0.1, 0.15) is 12.5 Å². The van der Waals surface area contributed by atoms with Crippen LogP contribution in [0.25, 0.3) is 6.08 Å². The number of amides is 1. The molecule has 0 aliphatic carbocycles. The molecule has 6 heteroatoms. The number of ether oxygens (including phenoxy) is 3. The van der Waals surface area contributed by atoms with Crippen LogP contribution >= 0.6 is 0 Å². The zero-order chi connectivity index (χ0) is 23.6. The molecule has 0 spiro atoms. The number of methoxy groups -OCH3 is 3. The summed E-state index contributed by atoms with van der Waals surface area (Å²) in [4.78, 5) is 15.4. The maximum Gasteiger partial charge on any atom is 0.253 e. The van der Waals surface area contributed by atoms with Crippen molar-refractivity contribution in [1.82, 2.24) is 0 Å². The predicted octanol–water partition coefficient (Wildman–Crippen LogP) is 5.26. The number of benzene rings is 3. The maximum atomic E-state index is 13.7. The van der Waals surface area contributed by atoms with E-state index in [9.17, 15) is 4.79 Å². The van der Waals surface area contributed by atoms with Gasteiger partial charge in [-0.15, -0.1) is 0 Å². The average Bonchev–Trinajstić information content (AvgIpc) is 2.87. The van der Waals surface area contributed by atoms with Gasteiger partial charge in [-0.1, -0.05) is 42.5 Å². The number of hydrogen-bond donors (Lipinski definition) is 1. The molecule has 0 saturated heterocycles. The highest BCUT2D eigenvalue weighted by atomic mass is 16.5. The summed E-state index contributed by atoms with van der Waals surface area (Å²) in [5.41, 5.74) is 2.46. The summed E-state index contributed by atoms with van der Waals surface area (Å²) in [6.45, 7) is 2.50. The van der Waals surface area contributed by atoms with Gasteiger partial charge in [0.2, 0.25) is 0 Å². The van der Waals surface area contributed by atoms with Crippen LogP contribution < -0.4 is 24.4 Å². The molecule has 0 radical (unpaired) electrons. The normalized spacial score (nSPS) is 11.6. The van der Waals surface area contributed by atoms with Crippen LogP contribution in [-0.2, 0) is 4.79 Å². The van der Waals surface area contributed by atoms with Gasteiger partial charge in [0, 0.05) is 18.3 Å². The summed E-state index contributed by atoms with van der Waals surface area (Å²) >= 11 is 0. The first kappa shape index (κ1) is 23.7. The number of carbonyl (C=O) groups is 1. The van der Waals surface area contributed by atoms with Gasteiger partial charge in [-0.3, -0.25) is 4.79 Å². The lowest BCUT2D eigenvalue weighted by molar-refractivity contribution is -0.118. The number of nitrogens with one attached hydrogen (secondary N) is 1. The molecular formula is C27H30N2O4. The van der Waals surface area contributed by atoms with Gasteiger partial charge in [0.25, 0.3) is 5.91 Å². The molecule has 0 bridgehead atoms. The SMILES string of the molecule is CCN(C(=O)[C@H](/C=C/c1cccc(OC)c1)Nc1ccc(OC)cc1OC)c1ccccc1. The van der Waals surface area contributed by atoms with Crippen molar-refractivity contribution >= 4 is 23.4 Å². The van der Waals surface area contributed by atoms with E-state index >= 15 is 0 Å². The zero-order valence-corrected chi connectivity index (χ0v) is 19.4. The van der Waals surface area contributed by atoms with Crippen molar-refractivity contribution in [3.05, 3.63) is 84.4 Å². The lowest BCUT2D eigenvalue weighted by atomic mass is 10.1. The van der Waals surface area contributed by atoms with E-state index in [-0.39, 0.29) is 5.91 Å². The Bertz CT molecular complexity index is 1080. The number of nitrogens with zero attached hydrogens (tertiary/aromatic N) is 1. The smallest absolute Gasteiger partial charge is 0.253 e. The highest BCUT2D eigenvalue weighted by Crippen LogP contribution is 2.30. The summed E-state index contributed by atoms with van der Waals surface area (Å²) in [6, 6.07) is 22.1. The van der Waals surface area contributed by atoms with Crippen molar-refractivity contribution in [1.29, 1.82) is 0 Å². The van der Waals surface area contributed by atoms with E-state index in [1.54, 1.807) is 32.3 Å². The predicted molar refractivity (Wildman–Crippen MR) is 133 cm³/mol. The Labute approximate surface area is 195 Å². The van der Waals surface area contributed by atoms with Crippen LogP contribution in [-0.4, -0.2) is 39.8 Å². The first-order valence-corrected chi connectivity index (χ1v) is 10.8. The van der Waals surface area contributed by atoms with Crippen LogP contribution in [0.15, 0.2) is 78.9 Å². The molecule has 3 aromatic carbocycles. The third kappa shape index (κ3) is 6.07. The van der Waals surface area contributed by atoms with E-state index in [1.807, 2.05) is 85.8 Å². The van der Waals surface area contributed by atoms with E-state index in [2.05, 4.69) is 5.32 Å². The largest absolute Gasteiger partial charge is 0.497 e. The van der Waals surface area contributed by atoms with Gasteiger partial charge < -0.3 is 24.4 Å². The minimum absolute atomic E-state index is 0.0827. The molecule has 3 rings (SSSR count). The van der Waals surface area contributed by atoms with Gasteiger partial charge in [0.05, 0.1) is 27.0 Å². The molecule has 1 atom stereocenters. The highest BCUT2D eigenvalue weighted by Gasteiger charge is 2.23. The fraction of sp³-hybridized carbons (Fsp3) is 0.222. The molecule has 3 aromatic rings. The monoisotopic (exact) mass is 446 g/mol. The molecule has 0 unspecified atom stereocenters. The Balaban J connectivity index is 1.96. The van der Waals surface area contributed by atoms with Crippen molar-refractivity contribution in [2.24, 2.45) is 0 Å². The molecule has 0 aromatic heterocycles. The number of anilines is 2. The summed E-state index contributed by atoms with van der Waals surface area (Å²) in [6.07, 6.45) is 3.76. The van der Waals surface area contributed by atoms with E-state index in [0.717, 1.165) is 17.0 Å². The first-order valence-electron chi connectivity index (χ1n) is 10.8. The van der Waals surface area contributed by atoms with Gasteiger partial charge in [0.1, 0.15) is 23.3 Å².